The van der Waals surface area contributed by atoms with Crippen LogP contribution >= 0.6 is 15.9 Å². The van der Waals surface area contributed by atoms with E-state index in [0.717, 1.165) is 0 Å². The predicted molar refractivity (Wildman–Crippen MR) is 87.0 cm³/mol. The number of methoxy groups -OCH3 is 2. The molecule has 5 heteroatoms. The lowest BCUT2D eigenvalue weighted by atomic mass is 10.1. The summed E-state index contributed by atoms with van der Waals surface area (Å²) < 4.78 is 24.8. The summed E-state index contributed by atoms with van der Waals surface area (Å²) >= 11 is 3.22. The number of para-hydroxylation sites is 1. The number of halogens is 2. The zero-order chi connectivity index (χ0) is 16.1. The smallest absolute Gasteiger partial charge is 0.188 e. The Labute approximate surface area is 136 Å². The molecule has 2 aromatic rings. The standard InChI is InChI=1S/C17H14BrFO3/c1-21-16-5-3-4-11(17(16)22-2)6-9-15(20)13-10-12(18)7-8-14(13)19/h3-10H,1-2H3/b9-6+. The van der Waals surface area contributed by atoms with Crippen LogP contribution in [0.25, 0.3) is 6.08 Å². The second kappa shape index (κ2) is 7.22. The van der Waals surface area contributed by atoms with Crippen LogP contribution in [0.2, 0.25) is 0 Å². The molecule has 22 heavy (non-hydrogen) atoms. The van der Waals surface area contributed by atoms with Crippen LogP contribution in [0, 0.1) is 5.82 Å². The Morgan fingerprint density at radius 1 is 1.18 bits per heavy atom. The van der Waals surface area contributed by atoms with Gasteiger partial charge in [-0.1, -0.05) is 28.1 Å². The van der Waals surface area contributed by atoms with Crippen LogP contribution < -0.4 is 9.47 Å². The van der Waals surface area contributed by atoms with Crippen LogP contribution in [0.1, 0.15) is 15.9 Å². The lowest BCUT2D eigenvalue weighted by molar-refractivity contribution is 0.104. The summed E-state index contributed by atoms with van der Waals surface area (Å²) in [5, 5.41) is 0. The second-order valence-corrected chi connectivity index (χ2v) is 5.32. The molecule has 0 bridgehead atoms. The van der Waals surface area contributed by atoms with Crippen molar-refractivity contribution in [1.82, 2.24) is 0 Å². The molecule has 0 saturated carbocycles. The first kappa shape index (κ1) is 16.2. The topological polar surface area (TPSA) is 35.5 Å². The van der Waals surface area contributed by atoms with Gasteiger partial charge in [0, 0.05) is 10.0 Å². The van der Waals surface area contributed by atoms with Crippen LogP contribution in [0.4, 0.5) is 4.39 Å². The fourth-order valence-electron chi connectivity index (χ4n) is 1.98. The lowest BCUT2D eigenvalue weighted by Crippen LogP contribution is -1.99. The maximum absolute atomic E-state index is 13.7. The normalized spacial score (nSPS) is 10.7. The molecular formula is C17H14BrFO3. The number of benzene rings is 2. The van der Waals surface area contributed by atoms with Gasteiger partial charge in [0.05, 0.1) is 19.8 Å². The molecule has 0 heterocycles. The summed E-state index contributed by atoms with van der Waals surface area (Å²) in [5.41, 5.74) is 0.679. The zero-order valence-electron chi connectivity index (χ0n) is 12.1. The summed E-state index contributed by atoms with van der Waals surface area (Å²) in [4.78, 5) is 12.1. The van der Waals surface area contributed by atoms with E-state index < -0.39 is 11.6 Å². The number of allylic oxidation sites excluding steroid dienone is 1. The average Bonchev–Trinajstić information content (AvgIpc) is 2.54. The molecular weight excluding hydrogens is 351 g/mol. The molecule has 2 rings (SSSR count). The van der Waals surface area contributed by atoms with Crippen molar-refractivity contribution in [3.8, 4) is 11.5 Å². The maximum Gasteiger partial charge on any atom is 0.188 e. The van der Waals surface area contributed by atoms with Crippen molar-refractivity contribution in [3.63, 3.8) is 0 Å². The lowest BCUT2D eigenvalue weighted by Gasteiger charge is -2.09. The van der Waals surface area contributed by atoms with E-state index in [4.69, 9.17) is 9.47 Å². The summed E-state index contributed by atoms with van der Waals surface area (Å²) in [6.45, 7) is 0. The van der Waals surface area contributed by atoms with Crippen molar-refractivity contribution >= 4 is 27.8 Å². The first-order valence-corrected chi connectivity index (χ1v) is 7.24. The Morgan fingerprint density at radius 3 is 2.64 bits per heavy atom. The van der Waals surface area contributed by atoms with E-state index in [1.165, 1.54) is 32.4 Å². The van der Waals surface area contributed by atoms with Crippen molar-refractivity contribution in [3.05, 3.63) is 63.9 Å². The van der Waals surface area contributed by atoms with Crippen molar-refractivity contribution in [2.75, 3.05) is 14.2 Å². The molecule has 0 aliphatic carbocycles. The molecule has 0 aliphatic rings. The van der Waals surface area contributed by atoms with E-state index in [9.17, 15) is 9.18 Å². The minimum Gasteiger partial charge on any atom is -0.493 e. The van der Waals surface area contributed by atoms with Gasteiger partial charge in [-0.05, 0) is 36.4 Å². The van der Waals surface area contributed by atoms with Gasteiger partial charge in [0.1, 0.15) is 5.82 Å². The van der Waals surface area contributed by atoms with Gasteiger partial charge in [0.2, 0.25) is 0 Å². The van der Waals surface area contributed by atoms with E-state index >= 15 is 0 Å². The summed E-state index contributed by atoms with van der Waals surface area (Å²) in [6, 6.07) is 9.56. The largest absolute Gasteiger partial charge is 0.493 e. The minimum atomic E-state index is -0.560. The highest BCUT2D eigenvalue weighted by molar-refractivity contribution is 9.10. The first-order valence-electron chi connectivity index (χ1n) is 6.45. The quantitative estimate of drug-likeness (QED) is 0.578. The molecule has 0 radical (unpaired) electrons. The van der Waals surface area contributed by atoms with Gasteiger partial charge in [-0.3, -0.25) is 4.79 Å². The van der Waals surface area contributed by atoms with Crippen molar-refractivity contribution < 1.29 is 18.7 Å². The summed E-state index contributed by atoms with van der Waals surface area (Å²) in [5.74, 6) is 0.0913. The Balaban J connectivity index is 2.32. The van der Waals surface area contributed by atoms with Gasteiger partial charge >= 0.3 is 0 Å². The molecule has 0 amide bonds. The number of ether oxygens (including phenoxy) is 2. The molecule has 0 spiro atoms. The third-order valence-corrected chi connectivity index (χ3v) is 3.53. The molecule has 0 unspecified atom stereocenters. The van der Waals surface area contributed by atoms with E-state index in [0.29, 0.717) is 21.5 Å². The minimum absolute atomic E-state index is 0.00693. The molecule has 2 aromatic carbocycles. The van der Waals surface area contributed by atoms with Crippen LogP contribution in [-0.4, -0.2) is 20.0 Å². The van der Waals surface area contributed by atoms with Gasteiger partial charge < -0.3 is 9.47 Å². The van der Waals surface area contributed by atoms with Gasteiger partial charge in [-0.15, -0.1) is 0 Å². The highest BCUT2D eigenvalue weighted by atomic mass is 79.9. The van der Waals surface area contributed by atoms with Gasteiger partial charge in [-0.2, -0.15) is 0 Å². The molecule has 0 saturated heterocycles. The van der Waals surface area contributed by atoms with E-state index in [-0.39, 0.29) is 5.56 Å². The number of rotatable bonds is 5. The van der Waals surface area contributed by atoms with Gasteiger partial charge in [0.25, 0.3) is 0 Å². The fraction of sp³-hybridized carbons (Fsp3) is 0.118. The number of ketones is 1. The van der Waals surface area contributed by atoms with E-state index in [1.54, 1.807) is 30.3 Å². The van der Waals surface area contributed by atoms with Crippen LogP contribution in [-0.2, 0) is 0 Å². The highest BCUT2D eigenvalue weighted by Gasteiger charge is 2.11. The number of carbonyl (C=O) groups excluding carboxylic acids is 1. The van der Waals surface area contributed by atoms with E-state index in [1.807, 2.05) is 0 Å². The monoisotopic (exact) mass is 364 g/mol. The van der Waals surface area contributed by atoms with Crippen LogP contribution in [0.15, 0.2) is 46.9 Å². The number of hydrogen-bond acceptors (Lipinski definition) is 3. The van der Waals surface area contributed by atoms with Gasteiger partial charge in [-0.25, -0.2) is 4.39 Å². The molecule has 0 fully saturated rings. The number of hydrogen-bond donors (Lipinski definition) is 0. The molecule has 0 N–H and O–H groups in total. The van der Waals surface area contributed by atoms with Crippen molar-refractivity contribution in [2.45, 2.75) is 0 Å². The summed E-state index contributed by atoms with van der Waals surface area (Å²) in [7, 11) is 3.05. The fourth-order valence-corrected chi connectivity index (χ4v) is 2.35. The Morgan fingerprint density at radius 2 is 1.95 bits per heavy atom. The average molecular weight is 365 g/mol. The van der Waals surface area contributed by atoms with Gasteiger partial charge in [0.15, 0.2) is 17.3 Å². The third-order valence-electron chi connectivity index (χ3n) is 3.04. The molecule has 0 atom stereocenters. The van der Waals surface area contributed by atoms with Crippen molar-refractivity contribution in [2.24, 2.45) is 0 Å². The Kier molecular flexibility index (Phi) is 5.33. The third kappa shape index (κ3) is 3.54. The Bertz CT molecular complexity index is 726. The zero-order valence-corrected chi connectivity index (χ0v) is 13.7. The summed E-state index contributed by atoms with van der Waals surface area (Å²) in [6.07, 6.45) is 2.88. The maximum atomic E-state index is 13.7. The molecule has 114 valence electrons. The first-order chi connectivity index (χ1) is 10.6. The molecule has 0 aliphatic heterocycles. The predicted octanol–water partition coefficient (Wildman–Crippen LogP) is 4.50. The van der Waals surface area contributed by atoms with Crippen LogP contribution in [0.5, 0.6) is 11.5 Å². The highest BCUT2D eigenvalue weighted by Crippen LogP contribution is 2.31. The SMILES string of the molecule is COc1cccc(/C=C/C(=O)c2cc(Br)ccc2F)c1OC. The molecule has 3 nitrogen and oxygen atoms in total. The molecule has 0 aromatic heterocycles. The Hall–Kier alpha value is -2.14. The van der Waals surface area contributed by atoms with Crippen molar-refractivity contribution in [1.29, 1.82) is 0 Å². The second-order valence-electron chi connectivity index (χ2n) is 4.40. The van der Waals surface area contributed by atoms with E-state index in [2.05, 4.69) is 15.9 Å². The van der Waals surface area contributed by atoms with Crippen LogP contribution in [0.3, 0.4) is 0 Å². The number of carbonyl (C=O) groups is 1.